The summed E-state index contributed by atoms with van der Waals surface area (Å²) in [5, 5.41) is -0.0475. The summed E-state index contributed by atoms with van der Waals surface area (Å²) in [5.74, 6) is -0.453. The molecule has 7 nitrogen and oxygen atoms in total. The lowest BCUT2D eigenvalue weighted by atomic mass is 10.2. The molecule has 1 aromatic heterocycles. The maximum absolute atomic E-state index is 12.5. The van der Waals surface area contributed by atoms with Crippen molar-refractivity contribution in [2.75, 3.05) is 11.4 Å². The standard InChI is InChI=1S/C18H20ClN3O4/c1-18(2,3)26-17(24)22(14-9-10-20-16(19)21-14)11-15(23)25-12-13-7-5-4-6-8-13/h4-10H,11-12H2,1-3H3. The third-order valence-electron chi connectivity index (χ3n) is 3.03. The van der Waals surface area contributed by atoms with Gasteiger partial charge in [0.25, 0.3) is 0 Å². The van der Waals surface area contributed by atoms with E-state index in [4.69, 9.17) is 21.1 Å². The molecular weight excluding hydrogens is 358 g/mol. The number of anilines is 1. The van der Waals surface area contributed by atoms with Crippen LogP contribution in [0, 0.1) is 0 Å². The van der Waals surface area contributed by atoms with Gasteiger partial charge in [-0.2, -0.15) is 0 Å². The number of halogens is 1. The lowest BCUT2D eigenvalue weighted by Crippen LogP contribution is -2.41. The van der Waals surface area contributed by atoms with Crippen molar-refractivity contribution in [2.45, 2.75) is 33.0 Å². The first-order valence-corrected chi connectivity index (χ1v) is 8.31. The number of ether oxygens (including phenoxy) is 2. The van der Waals surface area contributed by atoms with Crippen LogP contribution in [0.3, 0.4) is 0 Å². The van der Waals surface area contributed by atoms with Crippen molar-refractivity contribution in [1.29, 1.82) is 0 Å². The van der Waals surface area contributed by atoms with E-state index >= 15 is 0 Å². The zero-order valence-electron chi connectivity index (χ0n) is 14.8. The van der Waals surface area contributed by atoms with E-state index in [1.54, 1.807) is 20.8 Å². The SMILES string of the molecule is CC(C)(C)OC(=O)N(CC(=O)OCc1ccccc1)c1ccnc(Cl)n1. The molecule has 0 aliphatic heterocycles. The van der Waals surface area contributed by atoms with Gasteiger partial charge in [-0.1, -0.05) is 30.3 Å². The van der Waals surface area contributed by atoms with Crippen molar-refractivity contribution in [3.8, 4) is 0 Å². The molecule has 0 fully saturated rings. The van der Waals surface area contributed by atoms with Crippen LogP contribution in [0.2, 0.25) is 5.28 Å². The highest BCUT2D eigenvalue weighted by atomic mass is 35.5. The summed E-state index contributed by atoms with van der Waals surface area (Å²) in [6.07, 6.45) is 0.654. The number of carbonyl (C=O) groups excluding carboxylic acids is 2. The van der Waals surface area contributed by atoms with Crippen LogP contribution in [0.4, 0.5) is 10.6 Å². The number of rotatable bonds is 5. The Hall–Kier alpha value is -2.67. The largest absolute Gasteiger partial charge is 0.459 e. The topological polar surface area (TPSA) is 81.6 Å². The van der Waals surface area contributed by atoms with Gasteiger partial charge in [0.1, 0.15) is 24.6 Å². The summed E-state index contributed by atoms with van der Waals surface area (Å²) < 4.78 is 10.6. The number of amides is 1. The van der Waals surface area contributed by atoms with Gasteiger partial charge in [0, 0.05) is 6.20 Å². The molecule has 0 aliphatic carbocycles. The van der Waals surface area contributed by atoms with Gasteiger partial charge >= 0.3 is 12.1 Å². The Morgan fingerprint density at radius 2 is 1.85 bits per heavy atom. The molecule has 0 bridgehead atoms. The van der Waals surface area contributed by atoms with Crippen molar-refractivity contribution >= 4 is 29.5 Å². The number of hydrogen-bond acceptors (Lipinski definition) is 6. The van der Waals surface area contributed by atoms with E-state index in [1.165, 1.54) is 12.3 Å². The van der Waals surface area contributed by atoms with Gasteiger partial charge in [0.2, 0.25) is 5.28 Å². The third kappa shape index (κ3) is 6.33. The van der Waals surface area contributed by atoms with E-state index in [2.05, 4.69) is 9.97 Å². The molecule has 0 unspecified atom stereocenters. The fraction of sp³-hybridized carbons (Fsp3) is 0.333. The lowest BCUT2D eigenvalue weighted by molar-refractivity contribution is -0.143. The van der Waals surface area contributed by atoms with Gasteiger partial charge in [0.05, 0.1) is 0 Å². The van der Waals surface area contributed by atoms with Crippen LogP contribution >= 0.6 is 11.6 Å². The van der Waals surface area contributed by atoms with Gasteiger partial charge in [-0.3, -0.25) is 9.69 Å². The Balaban J connectivity index is 2.10. The molecule has 2 rings (SSSR count). The number of esters is 1. The van der Waals surface area contributed by atoms with E-state index < -0.39 is 17.7 Å². The number of carbonyl (C=O) groups is 2. The minimum absolute atomic E-state index is 0.0475. The first-order chi connectivity index (χ1) is 12.2. The van der Waals surface area contributed by atoms with Crippen LogP contribution in [0.5, 0.6) is 0 Å². The minimum Gasteiger partial charge on any atom is -0.459 e. The predicted molar refractivity (Wildman–Crippen MR) is 96.9 cm³/mol. The number of aromatic nitrogens is 2. The van der Waals surface area contributed by atoms with E-state index in [1.807, 2.05) is 30.3 Å². The van der Waals surface area contributed by atoms with Gasteiger partial charge < -0.3 is 9.47 Å². The molecule has 0 saturated carbocycles. The Morgan fingerprint density at radius 3 is 2.46 bits per heavy atom. The average molecular weight is 378 g/mol. The van der Waals surface area contributed by atoms with Gasteiger partial charge in [-0.15, -0.1) is 0 Å². The van der Waals surface area contributed by atoms with Crippen LogP contribution in [0.1, 0.15) is 26.3 Å². The van der Waals surface area contributed by atoms with Crippen LogP contribution in [0.25, 0.3) is 0 Å². The second kappa shape index (κ2) is 8.62. The fourth-order valence-corrected chi connectivity index (χ4v) is 2.09. The molecule has 138 valence electrons. The zero-order valence-corrected chi connectivity index (χ0v) is 15.6. The average Bonchev–Trinajstić information content (AvgIpc) is 2.57. The first-order valence-electron chi connectivity index (χ1n) is 7.93. The van der Waals surface area contributed by atoms with E-state index in [-0.39, 0.29) is 24.3 Å². The summed E-state index contributed by atoms with van der Waals surface area (Å²) in [5.41, 5.74) is 0.106. The van der Waals surface area contributed by atoms with E-state index in [0.29, 0.717) is 0 Å². The van der Waals surface area contributed by atoms with Crippen molar-refractivity contribution in [3.05, 3.63) is 53.4 Å². The maximum atomic E-state index is 12.5. The molecule has 1 aromatic carbocycles. The second-order valence-corrected chi connectivity index (χ2v) is 6.73. The molecule has 0 radical (unpaired) electrons. The molecule has 0 aliphatic rings. The highest BCUT2D eigenvalue weighted by Gasteiger charge is 2.27. The molecule has 0 atom stereocenters. The summed E-state index contributed by atoms with van der Waals surface area (Å²) >= 11 is 5.79. The Labute approximate surface area is 156 Å². The Kier molecular flexibility index (Phi) is 6.52. The van der Waals surface area contributed by atoms with Crippen LogP contribution < -0.4 is 4.90 Å². The molecule has 0 spiro atoms. The quantitative estimate of drug-likeness (QED) is 0.584. The van der Waals surface area contributed by atoms with Gasteiger partial charge in [-0.25, -0.2) is 14.8 Å². The highest BCUT2D eigenvalue weighted by Crippen LogP contribution is 2.17. The summed E-state index contributed by atoms with van der Waals surface area (Å²) in [6.45, 7) is 4.92. The molecule has 0 N–H and O–H groups in total. The van der Waals surface area contributed by atoms with Gasteiger partial charge in [0.15, 0.2) is 0 Å². The minimum atomic E-state index is -0.736. The smallest absolute Gasteiger partial charge is 0.416 e. The van der Waals surface area contributed by atoms with Crippen molar-refractivity contribution in [1.82, 2.24) is 9.97 Å². The number of nitrogens with zero attached hydrogens (tertiary/aromatic N) is 3. The molecule has 1 amide bonds. The molecule has 0 saturated heterocycles. The monoisotopic (exact) mass is 377 g/mol. The lowest BCUT2D eigenvalue weighted by Gasteiger charge is -2.26. The van der Waals surface area contributed by atoms with Crippen LogP contribution in [-0.2, 0) is 20.9 Å². The Morgan fingerprint density at radius 1 is 1.15 bits per heavy atom. The molecule has 8 heteroatoms. The number of benzene rings is 1. The van der Waals surface area contributed by atoms with Crippen molar-refractivity contribution < 1.29 is 19.1 Å². The third-order valence-corrected chi connectivity index (χ3v) is 3.21. The molecule has 1 heterocycles. The highest BCUT2D eigenvalue weighted by molar-refractivity contribution is 6.28. The van der Waals surface area contributed by atoms with Crippen molar-refractivity contribution in [2.24, 2.45) is 0 Å². The fourth-order valence-electron chi connectivity index (χ4n) is 1.95. The first kappa shape index (κ1) is 19.7. The normalized spacial score (nSPS) is 10.9. The summed E-state index contributed by atoms with van der Waals surface area (Å²) in [6, 6.07) is 10.7. The molecular formula is C18H20ClN3O4. The predicted octanol–water partition coefficient (Wildman–Crippen LogP) is 3.61. The summed E-state index contributed by atoms with van der Waals surface area (Å²) in [7, 11) is 0. The number of hydrogen-bond donors (Lipinski definition) is 0. The maximum Gasteiger partial charge on any atom is 0.416 e. The van der Waals surface area contributed by atoms with Crippen molar-refractivity contribution in [3.63, 3.8) is 0 Å². The molecule has 2 aromatic rings. The Bertz CT molecular complexity index is 763. The second-order valence-electron chi connectivity index (χ2n) is 6.40. The zero-order chi connectivity index (χ0) is 19.2. The van der Waals surface area contributed by atoms with Gasteiger partial charge in [-0.05, 0) is 44.0 Å². The van der Waals surface area contributed by atoms with E-state index in [9.17, 15) is 9.59 Å². The van der Waals surface area contributed by atoms with E-state index in [0.717, 1.165) is 10.5 Å². The van der Waals surface area contributed by atoms with Crippen LogP contribution in [0.15, 0.2) is 42.6 Å². The summed E-state index contributed by atoms with van der Waals surface area (Å²) in [4.78, 5) is 33.5. The molecule has 26 heavy (non-hydrogen) atoms. The van der Waals surface area contributed by atoms with Crippen LogP contribution in [-0.4, -0.2) is 34.2 Å².